The fraction of sp³-hybridized carbons (Fsp3) is 0.846. The summed E-state index contributed by atoms with van der Waals surface area (Å²) in [5.74, 6) is -0.543. The van der Waals surface area contributed by atoms with Crippen molar-refractivity contribution in [2.75, 3.05) is 29.6 Å². The Morgan fingerprint density at radius 3 is 2.13 bits per heavy atom. The zero-order chi connectivity index (χ0) is 17.3. The van der Waals surface area contributed by atoms with Gasteiger partial charge in [-0.2, -0.15) is 0 Å². The minimum absolute atomic E-state index is 0.0344. The largest absolute Gasteiger partial charge is 0.352 e. The Morgan fingerprint density at radius 2 is 1.65 bits per heavy atom. The summed E-state index contributed by atoms with van der Waals surface area (Å²) in [7, 11) is -6.16. The summed E-state index contributed by atoms with van der Waals surface area (Å²) in [6.45, 7) is 1.49. The van der Waals surface area contributed by atoms with Crippen LogP contribution in [0.3, 0.4) is 0 Å². The molecule has 2 unspecified atom stereocenters. The number of nitrogens with one attached hydrogen (secondary N) is 1. The molecule has 2 saturated heterocycles. The van der Waals surface area contributed by atoms with Gasteiger partial charge in [0.2, 0.25) is 11.8 Å². The average molecular weight is 366 g/mol. The predicted octanol–water partition coefficient (Wildman–Crippen LogP) is -1.28. The van der Waals surface area contributed by atoms with Crippen LogP contribution in [0.1, 0.15) is 26.2 Å². The van der Waals surface area contributed by atoms with Crippen molar-refractivity contribution in [3.05, 3.63) is 0 Å². The number of carbonyl (C=O) groups excluding carboxylic acids is 2. The van der Waals surface area contributed by atoms with E-state index in [1.165, 1.54) is 11.8 Å². The van der Waals surface area contributed by atoms with Gasteiger partial charge >= 0.3 is 0 Å². The van der Waals surface area contributed by atoms with Gasteiger partial charge in [0.05, 0.1) is 23.0 Å². The van der Waals surface area contributed by atoms with E-state index in [9.17, 15) is 26.4 Å². The van der Waals surface area contributed by atoms with Crippen molar-refractivity contribution in [3.63, 3.8) is 0 Å². The molecule has 23 heavy (non-hydrogen) atoms. The zero-order valence-electron chi connectivity index (χ0n) is 13.0. The maximum Gasteiger partial charge on any atom is 0.222 e. The molecule has 0 radical (unpaired) electrons. The standard InChI is InChI=1S/C13H22N2O6S2/c1-10(16)15(12-4-7-23(20,21)9-12)5-2-13(17)14-11-3-6-22(18,19)8-11/h11-12H,2-9H2,1H3,(H,14,17). The number of sulfone groups is 2. The Balaban J connectivity index is 1.85. The summed E-state index contributed by atoms with van der Waals surface area (Å²) < 4.78 is 45.7. The molecule has 2 heterocycles. The Bertz CT molecular complexity index is 685. The summed E-state index contributed by atoms with van der Waals surface area (Å²) in [6, 6.07) is -0.748. The topological polar surface area (TPSA) is 118 Å². The van der Waals surface area contributed by atoms with E-state index >= 15 is 0 Å². The molecule has 0 aromatic heterocycles. The first-order valence-electron chi connectivity index (χ1n) is 7.55. The van der Waals surface area contributed by atoms with Crippen LogP contribution in [0.4, 0.5) is 0 Å². The van der Waals surface area contributed by atoms with E-state index in [1.807, 2.05) is 0 Å². The van der Waals surface area contributed by atoms with Gasteiger partial charge in [-0.25, -0.2) is 16.8 Å². The molecular weight excluding hydrogens is 344 g/mol. The highest BCUT2D eigenvalue weighted by Crippen LogP contribution is 2.18. The molecule has 0 aromatic carbocycles. The van der Waals surface area contributed by atoms with Gasteiger partial charge in [-0.05, 0) is 12.8 Å². The number of amides is 2. The van der Waals surface area contributed by atoms with Crippen LogP contribution in [-0.2, 0) is 29.3 Å². The molecule has 2 atom stereocenters. The highest BCUT2D eigenvalue weighted by Gasteiger charge is 2.34. The molecule has 0 aliphatic carbocycles. The van der Waals surface area contributed by atoms with Gasteiger partial charge in [0.1, 0.15) is 0 Å². The van der Waals surface area contributed by atoms with Crippen LogP contribution >= 0.6 is 0 Å². The minimum Gasteiger partial charge on any atom is -0.352 e. The van der Waals surface area contributed by atoms with Crippen molar-refractivity contribution in [1.82, 2.24) is 10.2 Å². The molecule has 8 nitrogen and oxygen atoms in total. The number of hydrogen-bond acceptors (Lipinski definition) is 6. The van der Waals surface area contributed by atoms with Crippen LogP contribution in [0.2, 0.25) is 0 Å². The molecule has 10 heteroatoms. The van der Waals surface area contributed by atoms with Crippen molar-refractivity contribution < 1.29 is 26.4 Å². The van der Waals surface area contributed by atoms with Gasteiger partial charge in [-0.3, -0.25) is 9.59 Å². The van der Waals surface area contributed by atoms with Crippen LogP contribution in [0, 0.1) is 0 Å². The summed E-state index contributed by atoms with van der Waals surface area (Å²) >= 11 is 0. The number of hydrogen-bond donors (Lipinski definition) is 1. The predicted molar refractivity (Wildman–Crippen MR) is 84.3 cm³/mol. The smallest absolute Gasteiger partial charge is 0.222 e. The molecule has 2 amide bonds. The Labute approximate surface area is 136 Å². The van der Waals surface area contributed by atoms with Crippen LogP contribution < -0.4 is 5.32 Å². The van der Waals surface area contributed by atoms with Crippen molar-refractivity contribution in [2.45, 2.75) is 38.3 Å². The summed E-state index contributed by atoms with van der Waals surface area (Å²) in [4.78, 5) is 25.0. The van der Waals surface area contributed by atoms with Gasteiger partial charge in [0.25, 0.3) is 0 Å². The lowest BCUT2D eigenvalue weighted by atomic mass is 10.2. The summed E-state index contributed by atoms with van der Waals surface area (Å²) in [5.41, 5.74) is 0. The SMILES string of the molecule is CC(=O)N(CCC(=O)NC1CCS(=O)(=O)C1)C1CCS(=O)(=O)C1. The molecule has 0 saturated carbocycles. The zero-order valence-corrected chi connectivity index (χ0v) is 14.7. The van der Waals surface area contributed by atoms with E-state index < -0.39 is 19.7 Å². The molecule has 132 valence electrons. The molecule has 2 aliphatic rings. The molecule has 0 bridgehead atoms. The third-order valence-corrected chi connectivity index (χ3v) is 7.75. The van der Waals surface area contributed by atoms with E-state index in [0.717, 1.165) is 0 Å². The lowest BCUT2D eigenvalue weighted by Crippen LogP contribution is -2.43. The fourth-order valence-corrected chi connectivity index (χ4v) is 6.45. The molecule has 2 aliphatic heterocycles. The minimum atomic E-state index is -3.11. The Morgan fingerprint density at radius 1 is 1.04 bits per heavy atom. The van der Waals surface area contributed by atoms with Crippen molar-refractivity contribution in [1.29, 1.82) is 0 Å². The van der Waals surface area contributed by atoms with Crippen LogP contribution in [0.15, 0.2) is 0 Å². The van der Waals surface area contributed by atoms with E-state index in [0.29, 0.717) is 12.8 Å². The highest BCUT2D eigenvalue weighted by molar-refractivity contribution is 7.91. The van der Waals surface area contributed by atoms with Gasteiger partial charge in [-0.1, -0.05) is 0 Å². The Kier molecular flexibility index (Phi) is 5.34. The van der Waals surface area contributed by atoms with Gasteiger partial charge in [0.15, 0.2) is 19.7 Å². The van der Waals surface area contributed by atoms with E-state index in [-0.39, 0.29) is 59.9 Å². The summed E-state index contributed by atoms with van der Waals surface area (Å²) in [6.07, 6.45) is 0.836. The fourth-order valence-electron chi connectivity index (χ4n) is 3.05. The molecule has 1 N–H and O–H groups in total. The highest BCUT2D eigenvalue weighted by atomic mass is 32.2. The second-order valence-electron chi connectivity index (χ2n) is 6.19. The van der Waals surface area contributed by atoms with Crippen molar-refractivity contribution in [3.8, 4) is 0 Å². The normalized spacial score (nSPS) is 28.4. The van der Waals surface area contributed by atoms with Gasteiger partial charge < -0.3 is 10.2 Å². The first-order valence-corrected chi connectivity index (χ1v) is 11.2. The third-order valence-electron chi connectivity index (χ3n) is 4.23. The number of carbonyl (C=O) groups is 2. The maximum absolute atomic E-state index is 11.9. The second-order valence-corrected chi connectivity index (χ2v) is 10.6. The average Bonchev–Trinajstić information content (AvgIpc) is 2.91. The van der Waals surface area contributed by atoms with Gasteiger partial charge in [-0.15, -0.1) is 0 Å². The van der Waals surface area contributed by atoms with Crippen molar-refractivity contribution >= 4 is 31.5 Å². The van der Waals surface area contributed by atoms with E-state index in [2.05, 4.69) is 5.32 Å². The monoisotopic (exact) mass is 366 g/mol. The van der Waals surface area contributed by atoms with E-state index in [4.69, 9.17) is 0 Å². The van der Waals surface area contributed by atoms with Crippen LogP contribution in [-0.4, -0.2) is 75.2 Å². The Hall–Kier alpha value is -1.16. The molecule has 0 aromatic rings. The molecular formula is C13H22N2O6S2. The lowest BCUT2D eigenvalue weighted by molar-refractivity contribution is -0.131. The second kappa shape index (κ2) is 6.76. The molecule has 2 fully saturated rings. The quantitative estimate of drug-likeness (QED) is 0.647. The number of rotatable bonds is 5. The van der Waals surface area contributed by atoms with Crippen molar-refractivity contribution in [2.24, 2.45) is 0 Å². The first kappa shape index (κ1) is 18.2. The van der Waals surface area contributed by atoms with Gasteiger partial charge in [0, 0.05) is 32.0 Å². The number of nitrogens with zero attached hydrogens (tertiary/aromatic N) is 1. The third kappa shape index (κ3) is 5.17. The molecule has 0 spiro atoms. The van der Waals surface area contributed by atoms with Crippen LogP contribution in [0.5, 0.6) is 0 Å². The summed E-state index contributed by atoms with van der Waals surface area (Å²) in [5, 5.41) is 2.66. The lowest BCUT2D eigenvalue weighted by Gasteiger charge is -2.27. The molecule has 2 rings (SSSR count). The maximum atomic E-state index is 11.9. The van der Waals surface area contributed by atoms with E-state index in [1.54, 1.807) is 0 Å². The first-order chi connectivity index (χ1) is 10.6. The van der Waals surface area contributed by atoms with Crippen LogP contribution in [0.25, 0.3) is 0 Å².